The molecule has 1 N–H and O–H groups in total. The van der Waals surface area contributed by atoms with Crippen molar-refractivity contribution in [2.75, 3.05) is 0 Å². The molecule has 1 heterocycles. The van der Waals surface area contributed by atoms with E-state index in [1.807, 2.05) is 0 Å². The normalized spacial score (nSPS) is 21.3. The lowest BCUT2D eigenvalue weighted by Crippen LogP contribution is -2.21. The average molecular weight is 318 g/mol. The number of hydrogen-bond donors (Lipinski definition) is 1. The second-order valence-electron chi connectivity index (χ2n) is 6.62. The molecule has 0 aliphatic heterocycles. The number of carbonyl (C=O) groups is 1. The van der Waals surface area contributed by atoms with Crippen molar-refractivity contribution < 1.29 is 4.79 Å². The molecule has 0 unspecified atom stereocenters. The Hall–Kier alpha value is -1.16. The molecular formula is C18H26N2OS. The smallest absolute Gasteiger partial charge is 0.266 e. The maximum Gasteiger partial charge on any atom is 0.281 e. The van der Waals surface area contributed by atoms with Crippen molar-refractivity contribution >= 4 is 23.0 Å². The summed E-state index contributed by atoms with van der Waals surface area (Å²) in [7, 11) is 0. The van der Waals surface area contributed by atoms with Crippen LogP contribution in [0.2, 0.25) is 0 Å². The van der Waals surface area contributed by atoms with Gasteiger partial charge in [-0.15, -0.1) is 11.3 Å². The summed E-state index contributed by atoms with van der Waals surface area (Å²) in [6, 6.07) is 2.08. The first kappa shape index (κ1) is 15.7. The second-order valence-corrected chi connectivity index (χ2v) is 7.75. The molecule has 0 aromatic carbocycles. The summed E-state index contributed by atoms with van der Waals surface area (Å²) in [6.45, 7) is 2.25. The Morgan fingerprint density at radius 1 is 1.27 bits per heavy atom. The van der Waals surface area contributed by atoms with E-state index >= 15 is 0 Å². The number of thiophene rings is 1. The molecule has 1 aromatic heterocycles. The first-order valence-corrected chi connectivity index (χ1v) is 9.55. The van der Waals surface area contributed by atoms with Crippen molar-refractivity contribution in [3.8, 4) is 0 Å². The summed E-state index contributed by atoms with van der Waals surface area (Å²) in [6.07, 6.45) is 12.0. The molecule has 0 atom stereocenters. The largest absolute Gasteiger partial charge is 0.281 e. The molecule has 2 aliphatic carbocycles. The van der Waals surface area contributed by atoms with Gasteiger partial charge >= 0.3 is 0 Å². The maximum absolute atomic E-state index is 12.3. The number of hydrazone groups is 1. The third-order valence-electron chi connectivity index (χ3n) is 4.92. The fourth-order valence-electron chi connectivity index (χ4n) is 3.61. The Labute approximate surface area is 137 Å². The SMILES string of the molecule is CCCC1CCC(=NNC(=O)c2cc3c(s2)CCCC3)CC1. The van der Waals surface area contributed by atoms with Gasteiger partial charge in [0.05, 0.1) is 4.88 Å². The lowest BCUT2D eigenvalue weighted by Gasteiger charge is -2.22. The van der Waals surface area contributed by atoms with Gasteiger partial charge < -0.3 is 0 Å². The van der Waals surface area contributed by atoms with Crippen LogP contribution in [0.3, 0.4) is 0 Å². The Bertz CT molecular complexity index is 528. The van der Waals surface area contributed by atoms with E-state index in [2.05, 4.69) is 23.5 Å². The highest BCUT2D eigenvalue weighted by Gasteiger charge is 2.19. The number of carbonyl (C=O) groups excluding carboxylic acids is 1. The minimum absolute atomic E-state index is 0.0254. The zero-order valence-corrected chi connectivity index (χ0v) is 14.3. The summed E-state index contributed by atoms with van der Waals surface area (Å²) in [5.74, 6) is 0.839. The van der Waals surface area contributed by atoms with E-state index in [1.54, 1.807) is 11.3 Å². The lowest BCUT2D eigenvalue weighted by atomic mass is 9.85. The van der Waals surface area contributed by atoms with Gasteiger partial charge in [0.25, 0.3) is 5.91 Å². The number of fused-ring (bicyclic) bond motifs is 1. The molecule has 3 rings (SSSR count). The molecule has 0 radical (unpaired) electrons. The number of rotatable bonds is 4. The van der Waals surface area contributed by atoms with Gasteiger partial charge in [0.2, 0.25) is 0 Å². The molecule has 120 valence electrons. The van der Waals surface area contributed by atoms with Gasteiger partial charge in [-0.1, -0.05) is 19.8 Å². The van der Waals surface area contributed by atoms with Crippen molar-refractivity contribution in [3.63, 3.8) is 0 Å². The molecule has 0 bridgehead atoms. The fraction of sp³-hybridized carbons (Fsp3) is 0.667. The minimum atomic E-state index is -0.0254. The van der Waals surface area contributed by atoms with Crippen molar-refractivity contribution in [1.29, 1.82) is 0 Å². The van der Waals surface area contributed by atoms with Crippen LogP contribution in [0.25, 0.3) is 0 Å². The van der Waals surface area contributed by atoms with Crippen LogP contribution in [0, 0.1) is 5.92 Å². The van der Waals surface area contributed by atoms with Gasteiger partial charge in [0.15, 0.2) is 0 Å². The summed E-state index contributed by atoms with van der Waals surface area (Å²) in [5.41, 5.74) is 5.34. The van der Waals surface area contributed by atoms with Crippen molar-refractivity contribution in [1.82, 2.24) is 5.43 Å². The molecule has 0 saturated heterocycles. The second kappa shape index (κ2) is 7.40. The van der Waals surface area contributed by atoms with E-state index in [1.165, 1.54) is 54.7 Å². The predicted octanol–water partition coefficient (Wildman–Crippen LogP) is 4.70. The predicted molar refractivity (Wildman–Crippen MR) is 92.7 cm³/mol. The Morgan fingerprint density at radius 3 is 2.77 bits per heavy atom. The molecular weight excluding hydrogens is 292 g/mol. The number of nitrogens with zero attached hydrogens (tertiary/aromatic N) is 1. The first-order chi connectivity index (χ1) is 10.8. The van der Waals surface area contributed by atoms with Crippen LogP contribution in [0.1, 0.15) is 78.4 Å². The van der Waals surface area contributed by atoms with E-state index < -0.39 is 0 Å². The summed E-state index contributed by atoms with van der Waals surface area (Å²) in [5, 5.41) is 4.38. The highest BCUT2D eigenvalue weighted by molar-refractivity contribution is 7.14. The Balaban J connectivity index is 1.54. The molecule has 1 fully saturated rings. The van der Waals surface area contributed by atoms with Crippen LogP contribution in [-0.2, 0) is 12.8 Å². The van der Waals surface area contributed by atoms with Gasteiger partial charge in [-0.25, -0.2) is 5.43 Å². The number of hydrogen-bond acceptors (Lipinski definition) is 3. The number of amides is 1. The number of nitrogens with one attached hydrogen (secondary N) is 1. The molecule has 4 heteroatoms. The average Bonchev–Trinajstić information content (AvgIpc) is 2.98. The molecule has 1 saturated carbocycles. The fourth-order valence-corrected chi connectivity index (χ4v) is 4.75. The van der Waals surface area contributed by atoms with Crippen molar-refractivity contribution in [3.05, 3.63) is 21.4 Å². The highest BCUT2D eigenvalue weighted by atomic mass is 32.1. The van der Waals surface area contributed by atoms with E-state index in [0.29, 0.717) is 0 Å². The number of aryl methyl sites for hydroxylation is 2. The van der Waals surface area contributed by atoms with Crippen molar-refractivity contribution in [2.45, 2.75) is 71.1 Å². The van der Waals surface area contributed by atoms with E-state index in [-0.39, 0.29) is 5.91 Å². The molecule has 1 amide bonds. The molecule has 22 heavy (non-hydrogen) atoms. The Kier molecular flexibility index (Phi) is 5.29. The third kappa shape index (κ3) is 3.78. The van der Waals surface area contributed by atoms with Gasteiger partial charge in [-0.05, 0) is 68.9 Å². The van der Waals surface area contributed by atoms with Gasteiger partial charge in [0.1, 0.15) is 0 Å². The van der Waals surface area contributed by atoms with Crippen LogP contribution >= 0.6 is 11.3 Å². The lowest BCUT2D eigenvalue weighted by molar-refractivity contribution is 0.0958. The molecule has 0 spiro atoms. The first-order valence-electron chi connectivity index (χ1n) is 8.73. The molecule has 3 nitrogen and oxygen atoms in total. The summed E-state index contributed by atoms with van der Waals surface area (Å²) >= 11 is 1.66. The standard InChI is InChI=1S/C18H26N2OS/c1-2-5-13-8-10-15(11-9-13)19-20-18(21)17-12-14-6-3-4-7-16(14)22-17/h12-13H,2-11H2,1H3,(H,20,21). The van der Waals surface area contributed by atoms with Crippen LogP contribution in [0.15, 0.2) is 11.2 Å². The maximum atomic E-state index is 12.3. The zero-order valence-electron chi connectivity index (χ0n) is 13.5. The topological polar surface area (TPSA) is 41.5 Å². The van der Waals surface area contributed by atoms with E-state index in [0.717, 1.165) is 36.5 Å². The molecule has 2 aliphatic rings. The summed E-state index contributed by atoms with van der Waals surface area (Å²) in [4.78, 5) is 14.5. The van der Waals surface area contributed by atoms with Crippen LogP contribution in [0.4, 0.5) is 0 Å². The Morgan fingerprint density at radius 2 is 2.05 bits per heavy atom. The quantitative estimate of drug-likeness (QED) is 0.803. The zero-order chi connectivity index (χ0) is 15.4. The van der Waals surface area contributed by atoms with Gasteiger partial charge in [-0.2, -0.15) is 5.10 Å². The van der Waals surface area contributed by atoms with E-state index in [9.17, 15) is 4.79 Å². The van der Waals surface area contributed by atoms with Crippen LogP contribution < -0.4 is 5.43 Å². The van der Waals surface area contributed by atoms with E-state index in [4.69, 9.17) is 0 Å². The highest BCUT2D eigenvalue weighted by Crippen LogP contribution is 2.30. The van der Waals surface area contributed by atoms with Crippen LogP contribution in [0.5, 0.6) is 0 Å². The van der Waals surface area contributed by atoms with Crippen LogP contribution in [-0.4, -0.2) is 11.6 Å². The van der Waals surface area contributed by atoms with Gasteiger partial charge in [0, 0.05) is 10.6 Å². The van der Waals surface area contributed by atoms with Crippen molar-refractivity contribution in [2.24, 2.45) is 11.0 Å². The molecule has 1 aromatic rings. The third-order valence-corrected chi connectivity index (χ3v) is 6.15. The minimum Gasteiger partial charge on any atom is -0.266 e. The van der Waals surface area contributed by atoms with Gasteiger partial charge in [-0.3, -0.25) is 4.79 Å². The monoisotopic (exact) mass is 318 g/mol. The summed E-state index contributed by atoms with van der Waals surface area (Å²) < 4.78 is 0.